The van der Waals surface area contributed by atoms with Gasteiger partial charge in [0, 0.05) is 18.5 Å². The summed E-state index contributed by atoms with van der Waals surface area (Å²) in [6, 6.07) is 5.06. The van der Waals surface area contributed by atoms with E-state index in [1.807, 2.05) is 0 Å². The smallest absolute Gasteiger partial charge is 0.289 e. The Balaban J connectivity index is 2.20. The topological polar surface area (TPSA) is 59.1 Å². The van der Waals surface area contributed by atoms with Gasteiger partial charge in [-0.25, -0.2) is 22.2 Å². The summed E-state index contributed by atoms with van der Waals surface area (Å²) < 4.78 is 48.2. The minimum absolute atomic E-state index is 0.210. The first-order chi connectivity index (χ1) is 9.60. The molecule has 0 spiro atoms. The lowest BCUT2D eigenvalue weighted by Gasteiger charge is -2.23. The van der Waals surface area contributed by atoms with E-state index in [2.05, 4.69) is 10.3 Å². The number of sulfone groups is 1. The summed E-state index contributed by atoms with van der Waals surface area (Å²) >= 11 is 0.939. The summed E-state index contributed by atoms with van der Waals surface area (Å²) in [4.78, 5) is 3.85. The summed E-state index contributed by atoms with van der Waals surface area (Å²) in [5, 5.41) is 2.82. The van der Waals surface area contributed by atoms with E-state index in [0.717, 1.165) is 11.3 Å². The van der Waals surface area contributed by atoms with Gasteiger partial charge < -0.3 is 5.32 Å². The molecule has 0 aliphatic heterocycles. The Morgan fingerprint density at radius 2 is 2.05 bits per heavy atom. The standard InChI is InChI=1S/C13H16F2N2O2S2/c1-13(2,21(3,18)19)7-16-8-4-5-9-10(6-8)20-12(17-9)11(14)15/h4-6,11,16H,7H2,1-3H3. The van der Waals surface area contributed by atoms with Crippen molar-refractivity contribution in [3.05, 3.63) is 23.2 Å². The van der Waals surface area contributed by atoms with Crippen molar-refractivity contribution in [2.45, 2.75) is 25.0 Å². The highest BCUT2D eigenvalue weighted by Gasteiger charge is 2.29. The van der Waals surface area contributed by atoms with E-state index in [1.165, 1.54) is 6.26 Å². The molecule has 0 radical (unpaired) electrons. The van der Waals surface area contributed by atoms with Crippen molar-refractivity contribution in [1.29, 1.82) is 0 Å². The number of benzene rings is 1. The summed E-state index contributed by atoms with van der Waals surface area (Å²) in [6.45, 7) is 3.50. The molecule has 0 aliphatic rings. The molecule has 8 heteroatoms. The van der Waals surface area contributed by atoms with E-state index in [-0.39, 0.29) is 11.6 Å². The fourth-order valence-corrected chi connectivity index (χ4v) is 2.79. The van der Waals surface area contributed by atoms with Crippen molar-refractivity contribution in [2.75, 3.05) is 18.1 Å². The lowest BCUT2D eigenvalue weighted by atomic mass is 10.2. The maximum atomic E-state index is 12.6. The Kier molecular flexibility index (Phi) is 4.21. The van der Waals surface area contributed by atoms with Crippen molar-refractivity contribution < 1.29 is 17.2 Å². The van der Waals surface area contributed by atoms with Gasteiger partial charge in [0.05, 0.1) is 15.0 Å². The van der Waals surface area contributed by atoms with Crippen molar-refractivity contribution in [3.63, 3.8) is 0 Å². The average molecular weight is 334 g/mol. The molecule has 1 heterocycles. The average Bonchev–Trinajstić information content (AvgIpc) is 2.78. The van der Waals surface area contributed by atoms with Gasteiger partial charge in [-0.1, -0.05) is 0 Å². The highest BCUT2D eigenvalue weighted by Crippen LogP contribution is 2.31. The van der Waals surface area contributed by atoms with Crippen LogP contribution in [-0.2, 0) is 9.84 Å². The zero-order valence-corrected chi connectivity index (χ0v) is 13.5. The third-order valence-electron chi connectivity index (χ3n) is 3.31. The second-order valence-corrected chi connectivity index (χ2v) is 9.13. The van der Waals surface area contributed by atoms with Gasteiger partial charge in [-0.3, -0.25) is 0 Å². The zero-order valence-electron chi connectivity index (χ0n) is 11.9. The zero-order chi connectivity index (χ0) is 15.8. The Labute approximate surface area is 126 Å². The quantitative estimate of drug-likeness (QED) is 0.909. The molecule has 0 atom stereocenters. The molecule has 1 aromatic heterocycles. The largest absolute Gasteiger partial charge is 0.383 e. The highest BCUT2D eigenvalue weighted by atomic mass is 32.2. The van der Waals surface area contributed by atoms with Crippen LogP contribution in [0.15, 0.2) is 18.2 Å². The molecule has 0 aliphatic carbocycles. The first kappa shape index (κ1) is 16.1. The molecular weight excluding hydrogens is 318 g/mol. The molecular formula is C13H16F2N2O2S2. The predicted octanol–water partition coefficient (Wildman–Crippen LogP) is 3.47. The lowest BCUT2D eigenvalue weighted by molar-refractivity contribution is 0.151. The fraction of sp³-hybridized carbons (Fsp3) is 0.462. The second-order valence-electron chi connectivity index (χ2n) is 5.42. The van der Waals surface area contributed by atoms with Crippen molar-refractivity contribution in [1.82, 2.24) is 4.98 Å². The molecule has 0 bridgehead atoms. The second kappa shape index (κ2) is 5.49. The van der Waals surface area contributed by atoms with Crippen molar-refractivity contribution >= 4 is 37.1 Å². The number of fused-ring (bicyclic) bond motifs is 1. The van der Waals surface area contributed by atoms with E-state index in [4.69, 9.17) is 0 Å². The number of nitrogens with one attached hydrogen (secondary N) is 1. The minimum Gasteiger partial charge on any atom is -0.383 e. The first-order valence-corrected chi connectivity index (χ1v) is 8.93. The first-order valence-electron chi connectivity index (χ1n) is 6.22. The summed E-state index contributed by atoms with van der Waals surface area (Å²) in [7, 11) is -3.19. The van der Waals surface area contributed by atoms with Gasteiger partial charge in [-0.05, 0) is 32.0 Å². The molecule has 0 fully saturated rings. The molecule has 0 saturated carbocycles. The van der Waals surface area contributed by atoms with Crippen LogP contribution < -0.4 is 5.32 Å². The van der Waals surface area contributed by atoms with Crippen molar-refractivity contribution in [2.24, 2.45) is 0 Å². The number of hydrogen-bond donors (Lipinski definition) is 1. The predicted molar refractivity (Wildman–Crippen MR) is 82.0 cm³/mol. The van der Waals surface area contributed by atoms with Crippen LogP contribution in [0.2, 0.25) is 0 Å². The summed E-state index contributed by atoms with van der Waals surface area (Å²) in [6.07, 6.45) is -1.39. The van der Waals surface area contributed by atoms with E-state index in [0.29, 0.717) is 15.9 Å². The molecule has 21 heavy (non-hydrogen) atoms. The van der Waals surface area contributed by atoms with E-state index >= 15 is 0 Å². The maximum absolute atomic E-state index is 12.6. The van der Waals surface area contributed by atoms with Gasteiger partial charge in [0.15, 0.2) is 14.8 Å². The van der Waals surface area contributed by atoms with Crippen LogP contribution in [0.25, 0.3) is 10.2 Å². The normalized spacial score (nSPS) is 13.0. The van der Waals surface area contributed by atoms with E-state index in [9.17, 15) is 17.2 Å². The third-order valence-corrected chi connectivity index (χ3v) is 6.49. The molecule has 0 amide bonds. The third kappa shape index (κ3) is 3.49. The number of rotatable bonds is 5. The van der Waals surface area contributed by atoms with Crippen LogP contribution in [0.1, 0.15) is 25.3 Å². The van der Waals surface area contributed by atoms with Crippen molar-refractivity contribution in [3.8, 4) is 0 Å². The monoisotopic (exact) mass is 334 g/mol. The number of anilines is 1. The number of alkyl halides is 2. The van der Waals surface area contributed by atoms with Crippen LogP contribution in [0.3, 0.4) is 0 Å². The molecule has 0 unspecified atom stereocenters. The Hall–Kier alpha value is -1.28. The molecule has 116 valence electrons. The van der Waals surface area contributed by atoms with Gasteiger partial charge >= 0.3 is 0 Å². The van der Waals surface area contributed by atoms with Crippen LogP contribution >= 0.6 is 11.3 Å². The van der Waals surface area contributed by atoms with E-state index in [1.54, 1.807) is 32.0 Å². The van der Waals surface area contributed by atoms with Gasteiger partial charge in [0.2, 0.25) is 0 Å². The van der Waals surface area contributed by atoms with Gasteiger partial charge in [-0.15, -0.1) is 11.3 Å². The molecule has 2 aromatic rings. The summed E-state index contributed by atoms with van der Waals surface area (Å²) in [5.41, 5.74) is 1.20. The van der Waals surface area contributed by atoms with Crippen LogP contribution in [0.4, 0.5) is 14.5 Å². The minimum atomic E-state index is -3.19. The molecule has 1 N–H and O–H groups in total. The Bertz CT molecular complexity index is 755. The fourth-order valence-electron chi connectivity index (χ4n) is 1.59. The van der Waals surface area contributed by atoms with Crippen LogP contribution in [-0.4, -0.2) is 30.9 Å². The molecule has 0 saturated heterocycles. The number of nitrogens with zero attached hydrogens (tertiary/aromatic N) is 1. The SMILES string of the molecule is CC(C)(CNc1ccc2nc(C(F)F)sc2c1)S(C)(=O)=O. The number of aromatic nitrogens is 1. The lowest BCUT2D eigenvalue weighted by Crippen LogP contribution is -2.38. The van der Waals surface area contributed by atoms with Crippen LogP contribution in [0.5, 0.6) is 0 Å². The Morgan fingerprint density at radius 1 is 1.38 bits per heavy atom. The van der Waals surface area contributed by atoms with E-state index < -0.39 is 21.0 Å². The molecule has 4 nitrogen and oxygen atoms in total. The highest BCUT2D eigenvalue weighted by molar-refractivity contribution is 7.92. The van der Waals surface area contributed by atoms with Gasteiger partial charge in [-0.2, -0.15) is 0 Å². The number of halogens is 2. The number of thiazole rings is 1. The van der Waals surface area contributed by atoms with Crippen LogP contribution in [0, 0.1) is 0 Å². The maximum Gasteiger partial charge on any atom is 0.289 e. The molecule has 1 aromatic carbocycles. The summed E-state index contributed by atoms with van der Waals surface area (Å²) in [5.74, 6) is 0. The molecule has 2 rings (SSSR count). The number of hydrogen-bond acceptors (Lipinski definition) is 5. The van der Waals surface area contributed by atoms with Gasteiger partial charge in [0.1, 0.15) is 0 Å². The van der Waals surface area contributed by atoms with Gasteiger partial charge in [0.25, 0.3) is 6.43 Å². The Morgan fingerprint density at radius 3 is 2.62 bits per heavy atom.